The first kappa shape index (κ1) is 30.4. The summed E-state index contributed by atoms with van der Waals surface area (Å²) in [7, 11) is 0. The maximum atomic E-state index is 11.8. The largest absolute Gasteiger partial charge is 0.463 e. The number of ether oxygens (including phenoxy) is 2. The van der Waals surface area contributed by atoms with E-state index in [9.17, 15) is 4.79 Å². The van der Waals surface area contributed by atoms with Gasteiger partial charge in [-0.2, -0.15) is 0 Å². The van der Waals surface area contributed by atoms with Gasteiger partial charge in [-0.1, -0.05) is 92.4 Å². The average Bonchev–Trinajstić information content (AvgIpc) is 3.55. The third kappa shape index (κ3) is 15.8. The molecule has 0 aliphatic heterocycles. The zero-order valence-corrected chi connectivity index (χ0v) is 22.9. The summed E-state index contributed by atoms with van der Waals surface area (Å²) in [5.74, 6) is 3.76. The second-order valence-electron chi connectivity index (χ2n) is 10.6. The quantitative estimate of drug-likeness (QED) is 0.115. The van der Waals surface area contributed by atoms with Crippen LogP contribution in [0, 0.1) is 23.7 Å². The lowest BCUT2D eigenvalue weighted by molar-refractivity contribution is -0.145. The fraction of sp³-hybridized carbons (Fsp3) is 0.966. The molecule has 0 amide bonds. The predicted molar refractivity (Wildman–Crippen MR) is 141 cm³/mol. The van der Waals surface area contributed by atoms with Crippen LogP contribution in [-0.2, 0) is 14.3 Å². The predicted octanol–water partition coefficient (Wildman–Crippen LogP) is 7.50. The molecule has 4 nitrogen and oxygen atoms in total. The molecule has 4 unspecified atom stereocenters. The molecule has 0 aromatic carbocycles. The van der Waals surface area contributed by atoms with Crippen molar-refractivity contribution in [3.05, 3.63) is 0 Å². The smallest absolute Gasteiger partial charge is 0.305 e. The average molecular weight is 468 g/mol. The van der Waals surface area contributed by atoms with Crippen LogP contribution in [0.2, 0.25) is 0 Å². The van der Waals surface area contributed by atoms with Gasteiger partial charge in [-0.25, -0.2) is 0 Å². The van der Waals surface area contributed by atoms with Gasteiger partial charge >= 0.3 is 5.97 Å². The van der Waals surface area contributed by atoms with Crippen molar-refractivity contribution in [3.8, 4) is 0 Å². The Kier molecular flexibility index (Phi) is 18.1. The highest BCUT2D eigenvalue weighted by molar-refractivity contribution is 5.69. The highest BCUT2D eigenvalue weighted by atomic mass is 16.6. The lowest BCUT2D eigenvalue weighted by Gasteiger charge is -2.20. The van der Waals surface area contributed by atoms with Crippen LogP contribution in [0.25, 0.3) is 0 Å². The molecule has 1 aliphatic carbocycles. The fourth-order valence-electron chi connectivity index (χ4n) is 4.99. The molecule has 1 saturated carbocycles. The Morgan fingerprint density at radius 1 is 0.848 bits per heavy atom. The number of esters is 1. The summed E-state index contributed by atoms with van der Waals surface area (Å²) in [5, 5.41) is 0. The van der Waals surface area contributed by atoms with E-state index in [0.717, 1.165) is 56.1 Å². The van der Waals surface area contributed by atoms with Crippen molar-refractivity contribution in [2.24, 2.45) is 23.7 Å². The van der Waals surface area contributed by atoms with Gasteiger partial charge < -0.3 is 14.4 Å². The van der Waals surface area contributed by atoms with Crippen LogP contribution in [0.1, 0.15) is 118 Å². The molecule has 33 heavy (non-hydrogen) atoms. The third-order valence-electron chi connectivity index (χ3n) is 7.87. The number of nitrogens with zero attached hydrogens (tertiary/aromatic N) is 1. The lowest BCUT2D eigenvalue weighted by Crippen LogP contribution is -2.27. The fourth-order valence-corrected chi connectivity index (χ4v) is 4.99. The molecule has 0 saturated heterocycles. The van der Waals surface area contributed by atoms with Crippen LogP contribution in [0.4, 0.5) is 0 Å². The molecule has 1 rings (SSSR count). The van der Waals surface area contributed by atoms with E-state index in [0.29, 0.717) is 26.2 Å². The molecule has 0 aromatic rings. The zero-order valence-electron chi connectivity index (χ0n) is 22.9. The second kappa shape index (κ2) is 19.7. The van der Waals surface area contributed by atoms with Gasteiger partial charge in [0.05, 0.1) is 13.2 Å². The van der Waals surface area contributed by atoms with Gasteiger partial charge in [0.2, 0.25) is 0 Å². The van der Waals surface area contributed by atoms with E-state index in [4.69, 9.17) is 9.47 Å². The van der Waals surface area contributed by atoms with Crippen LogP contribution in [-0.4, -0.2) is 50.3 Å². The summed E-state index contributed by atoms with van der Waals surface area (Å²) in [4.78, 5) is 14.2. The van der Waals surface area contributed by atoms with Crippen molar-refractivity contribution < 1.29 is 14.3 Å². The van der Waals surface area contributed by atoms with Gasteiger partial charge in [-0.05, 0) is 56.0 Å². The molecule has 0 aromatic heterocycles. The Balaban J connectivity index is 1.88. The van der Waals surface area contributed by atoms with E-state index >= 15 is 0 Å². The molecule has 0 spiro atoms. The minimum atomic E-state index is -0.0714. The first-order valence-electron chi connectivity index (χ1n) is 14.5. The number of unbranched alkanes of at least 4 members (excludes halogenated alkanes) is 6. The Bertz CT molecular complexity index is 466. The highest BCUT2D eigenvalue weighted by Gasteiger charge is 2.37. The van der Waals surface area contributed by atoms with Gasteiger partial charge in [0.15, 0.2) is 0 Å². The van der Waals surface area contributed by atoms with Crippen molar-refractivity contribution >= 4 is 5.97 Å². The summed E-state index contributed by atoms with van der Waals surface area (Å²) < 4.78 is 10.8. The van der Waals surface area contributed by atoms with E-state index in [1.165, 1.54) is 64.2 Å². The van der Waals surface area contributed by atoms with E-state index in [-0.39, 0.29) is 5.97 Å². The number of hydrogen-bond donors (Lipinski definition) is 0. The number of carbonyl (C=O) groups excluding carboxylic acids is 1. The Labute approximate surface area is 206 Å². The molecule has 0 radical (unpaired) electrons. The van der Waals surface area contributed by atoms with Crippen molar-refractivity contribution in [1.29, 1.82) is 0 Å². The van der Waals surface area contributed by atoms with Crippen LogP contribution >= 0.6 is 0 Å². The van der Waals surface area contributed by atoms with Gasteiger partial charge in [-0.3, -0.25) is 4.79 Å². The second-order valence-corrected chi connectivity index (χ2v) is 10.6. The zero-order chi connectivity index (χ0) is 24.3. The van der Waals surface area contributed by atoms with Gasteiger partial charge in [-0.15, -0.1) is 0 Å². The number of rotatable bonds is 23. The maximum absolute atomic E-state index is 11.8. The van der Waals surface area contributed by atoms with Gasteiger partial charge in [0.25, 0.3) is 0 Å². The van der Waals surface area contributed by atoms with E-state index in [1.807, 2.05) is 0 Å². The molecule has 196 valence electrons. The maximum Gasteiger partial charge on any atom is 0.305 e. The molecule has 4 atom stereocenters. The SMILES string of the molecule is CCCCCC1CC1CC(C)C(C)CCCCCCCC(=O)OCCOCCN(CC)CC. The molecular formula is C29H57NO3. The van der Waals surface area contributed by atoms with Crippen LogP contribution in [0.5, 0.6) is 0 Å². The Morgan fingerprint density at radius 2 is 1.58 bits per heavy atom. The molecule has 1 fully saturated rings. The van der Waals surface area contributed by atoms with Crippen molar-refractivity contribution in [1.82, 2.24) is 4.90 Å². The van der Waals surface area contributed by atoms with Crippen LogP contribution in [0.3, 0.4) is 0 Å². The lowest BCUT2D eigenvalue weighted by atomic mass is 9.86. The number of hydrogen-bond acceptors (Lipinski definition) is 4. The summed E-state index contributed by atoms with van der Waals surface area (Å²) >= 11 is 0. The molecule has 0 bridgehead atoms. The standard InChI is InChI=1S/C29H57NO3/c1-6-9-13-17-27-24-28(27)23-26(5)25(4)16-14-11-10-12-15-18-29(31)33-22-21-32-20-19-30(7-2)8-3/h25-28H,6-24H2,1-5H3. The minimum Gasteiger partial charge on any atom is -0.463 e. The van der Waals surface area contributed by atoms with E-state index in [2.05, 4.69) is 39.5 Å². The Morgan fingerprint density at radius 3 is 2.30 bits per heavy atom. The first-order valence-corrected chi connectivity index (χ1v) is 14.5. The topological polar surface area (TPSA) is 38.8 Å². The normalized spacial score (nSPS) is 19.6. The highest BCUT2D eigenvalue weighted by Crippen LogP contribution is 2.47. The molecule has 4 heteroatoms. The molecule has 0 N–H and O–H groups in total. The first-order chi connectivity index (χ1) is 16.0. The van der Waals surface area contributed by atoms with E-state index < -0.39 is 0 Å². The molecule has 1 aliphatic rings. The van der Waals surface area contributed by atoms with E-state index in [1.54, 1.807) is 0 Å². The summed E-state index contributed by atoms with van der Waals surface area (Å²) in [6, 6.07) is 0. The summed E-state index contributed by atoms with van der Waals surface area (Å²) in [6.07, 6.45) is 16.6. The van der Waals surface area contributed by atoms with Crippen molar-refractivity contribution in [2.75, 3.05) is 39.5 Å². The minimum absolute atomic E-state index is 0.0714. The summed E-state index contributed by atoms with van der Waals surface area (Å²) in [6.45, 7) is 16.2. The van der Waals surface area contributed by atoms with Crippen molar-refractivity contribution in [2.45, 2.75) is 118 Å². The molecular weight excluding hydrogens is 410 g/mol. The van der Waals surface area contributed by atoms with Crippen molar-refractivity contribution in [3.63, 3.8) is 0 Å². The summed E-state index contributed by atoms with van der Waals surface area (Å²) in [5.41, 5.74) is 0. The van der Waals surface area contributed by atoms with Gasteiger partial charge in [0.1, 0.15) is 6.61 Å². The van der Waals surface area contributed by atoms with Crippen LogP contribution < -0.4 is 0 Å². The monoisotopic (exact) mass is 467 g/mol. The number of likely N-dealkylation sites (N-methyl/N-ethyl adjacent to an activating group) is 1. The number of carbonyl (C=O) groups is 1. The van der Waals surface area contributed by atoms with Gasteiger partial charge in [0, 0.05) is 13.0 Å². The Hall–Kier alpha value is -0.610. The molecule has 0 heterocycles. The third-order valence-corrected chi connectivity index (χ3v) is 7.87. The van der Waals surface area contributed by atoms with Crippen LogP contribution in [0.15, 0.2) is 0 Å².